The number of nitrogens with two attached hydrogens (primary N) is 1. The van der Waals surface area contributed by atoms with Crippen molar-refractivity contribution in [3.63, 3.8) is 0 Å². The van der Waals surface area contributed by atoms with Gasteiger partial charge in [0.25, 0.3) is 0 Å². The van der Waals surface area contributed by atoms with Crippen molar-refractivity contribution in [1.29, 1.82) is 0 Å². The van der Waals surface area contributed by atoms with E-state index in [1.165, 1.54) is 0 Å². The molecule has 0 amide bonds. The first-order valence-corrected chi connectivity index (χ1v) is 7.46. The number of hydrogen-bond acceptors (Lipinski definition) is 1. The molecule has 1 aliphatic rings. The molecule has 0 saturated heterocycles. The van der Waals surface area contributed by atoms with Crippen molar-refractivity contribution < 1.29 is 17.6 Å². The number of halogens is 4. The van der Waals surface area contributed by atoms with Crippen LogP contribution in [0, 0.1) is 17.7 Å². The summed E-state index contributed by atoms with van der Waals surface area (Å²) in [5, 5.41) is 0. The van der Waals surface area contributed by atoms with Crippen LogP contribution in [0.3, 0.4) is 0 Å². The highest BCUT2D eigenvalue weighted by molar-refractivity contribution is 5.30. The summed E-state index contributed by atoms with van der Waals surface area (Å²) in [6.07, 6.45) is 0.463. The minimum atomic E-state index is -4.47. The second kappa shape index (κ2) is 6.34. The average molecular weight is 303 g/mol. The van der Waals surface area contributed by atoms with Gasteiger partial charge >= 0.3 is 6.18 Å². The van der Waals surface area contributed by atoms with Gasteiger partial charge in [0.05, 0.1) is 5.56 Å². The molecule has 2 rings (SSSR count). The van der Waals surface area contributed by atoms with Crippen LogP contribution in [0.15, 0.2) is 18.2 Å². The van der Waals surface area contributed by atoms with E-state index in [4.69, 9.17) is 5.73 Å². The largest absolute Gasteiger partial charge is 0.416 e. The van der Waals surface area contributed by atoms with Gasteiger partial charge < -0.3 is 5.73 Å². The molecular formula is C16H21F4N. The SMILES string of the molecule is CCC1CCCCC1C(N)c1cc(C(F)(F)F)ccc1F. The highest BCUT2D eigenvalue weighted by atomic mass is 19.4. The lowest BCUT2D eigenvalue weighted by Crippen LogP contribution is -2.31. The highest BCUT2D eigenvalue weighted by Gasteiger charge is 2.34. The predicted molar refractivity (Wildman–Crippen MR) is 74.1 cm³/mol. The predicted octanol–water partition coefficient (Wildman–Crippen LogP) is 5.06. The van der Waals surface area contributed by atoms with Crippen LogP contribution in [-0.4, -0.2) is 0 Å². The van der Waals surface area contributed by atoms with Gasteiger partial charge in [-0.15, -0.1) is 0 Å². The summed E-state index contributed by atoms with van der Waals surface area (Å²) in [7, 11) is 0. The Labute approximate surface area is 122 Å². The van der Waals surface area contributed by atoms with Gasteiger partial charge in [-0.05, 0) is 36.5 Å². The van der Waals surface area contributed by atoms with Gasteiger partial charge in [0, 0.05) is 11.6 Å². The Morgan fingerprint density at radius 2 is 1.90 bits per heavy atom. The van der Waals surface area contributed by atoms with Crippen molar-refractivity contribution >= 4 is 0 Å². The van der Waals surface area contributed by atoms with Gasteiger partial charge in [-0.2, -0.15) is 13.2 Å². The molecule has 5 heteroatoms. The molecule has 3 unspecified atom stereocenters. The van der Waals surface area contributed by atoms with Crippen LogP contribution in [-0.2, 0) is 6.18 Å². The standard InChI is InChI=1S/C16H21F4N/c1-2-10-5-3-4-6-12(10)15(21)13-9-11(16(18,19)20)7-8-14(13)17/h7-10,12,15H,2-6,21H2,1H3. The Morgan fingerprint density at radius 1 is 1.24 bits per heavy atom. The summed E-state index contributed by atoms with van der Waals surface area (Å²) in [6, 6.07) is 1.85. The summed E-state index contributed by atoms with van der Waals surface area (Å²) in [6.45, 7) is 2.05. The first kappa shape index (κ1) is 16.3. The Balaban J connectivity index is 2.31. The van der Waals surface area contributed by atoms with E-state index in [9.17, 15) is 17.6 Å². The van der Waals surface area contributed by atoms with Crippen molar-refractivity contribution in [2.24, 2.45) is 17.6 Å². The van der Waals surface area contributed by atoms with E-state index in [2.05, 4.69) is 6.92 Å². The fraction of sp³-hybridized carbons (Fsp3) is 0.625. The Morgan fingerprint density at radius 3 is 2.52 bits per heavy atom. The van der Waals surface area contributed by atoms with E-state index in [1.807, 2.05) is 0 Å². The molecule has 1 fully saturated rings. The van der Waals surface area contributed by atoms with Crippen molar-refractivity contribution in [2.75, 3.05) is 0 Å². The van der Waals surface area contributed by atoms with Gasteiger partial charge in [0.15, 0.2) is 0 Å². The van der Waals surface area contributed by atoms with Gasteiger partial charge in [0.1, 0.15) is 5.82 Å². The van der Waals surface area contributed by atoms with Gasteiger partial charge in [-0.3, -0.25) is 0 Å². The molecule has 0 aliphatic heterocycles. The molecular weight excluding hydrogens is 282 g/mol. The second-order valence-electron chi connectivity index (χ2n) is 5.88. The highest BCUT2D eigenvalue weighted by Crippen LogP contribution is 2.41. The zero-order valence-corrected chi connectivity index (χ0v) is 12.1. The molecule has 0 bridgehead atoms. The molecule has 3 atom stereocenters. The average Bonchev–Trinajstić information content (AvgIpc) is 2.45. The molecule has 1 nitrogen and oxygen atoms in total. The number of rotatable bonds is 3. The van der Waals surface area contributed by atoms with Crippen LogP contribution < -0.4 is 5.73 Å². The van der Waals surface area contributed by atoms with Crippen molar-refractivity contribution in [3.05, 3.63) is 35.1 Å². The quantitative estimate of drug-likeness (QED) is 0.776. The van der Waals surface area contributed by atoms with Crippen LogP contribution >= 0.6 is 0 Å². The van der Waals surface area contributed by atoms with Crippen molar-refractivity contribution in [1.82, 2.24) is 0 Å². The Hall–Kier alpha value is -1.10. The monoisotopic (exact) mass is 303 g/mol. The lowest BCUT2D eigenvalue weighted by atomic mass is 9.72. The maximum Gasteiger partial charge on any atom is 0.416 e. The Bertz CT molecular complexity index is 484. The summed E-state index contributed by atoms with van der Waals surface area (Å²) < 4.78 is 52.3. The zero-order valence-electron chi connectivity index (χ0n) is 12.1. The van der Waals surface area contributed by atoms with Gasteiger partial charge in [-0.25, -0.2) is 4.39 Å². The van der Waals surface area contributed by atoms with E-state index < -0.39 is 23.6 Å². The fourth-order valence-corrected chi connectivity index (χ4v) is 3.42. The summed E-state index contributed by atoms with van der Waals surface area (Å²) >= 11 is 0. The van der Waals surface area contributed by atoms with E-state index in [1.54, 1.807) is 0 Å². The first-order valence-electron chi connectivity index (χ1n) is 7.46. The molecule has 21 heavy (non-hydrogen) atoms. The smallest absolute Gasteiger partial charge is 0.324 e. The summed E-state index contributed by atoms with van der Waals surface area (Å²) in [4.78, 5) is 0. The maximum absolute atomic E-state index is 13.9. The van der Waals surface area contributed by atoms with E-state index in [0.717, 1.165) is 50.3 Å². The minimum absolute atomic E-state index is 0.00447. The zero-order chi connectivity index (χ0) is 15.6. The minimum Gasteiger partial charge on any atom is -0.324 e. The molecule has 1 aliphatic carbocycles. The molecule has 118 valence electrons. The molecule has 1 aromatic rings. The van der Waals surface area contributed by atoms with Gasteiger partial charge in [-0.1, -0.05) is 32.6 Å². The molecule has 2 N–H and O–H groups in total. The third-order valence-electron chi connectivity index (χ3n) is 4.64. The molecule has 0 heterocycles. The molecule has 0 radical (unpaired) electrons. The van der Waals surface area contributed by atoms with Crippen LogP contribution in [0.2, 0.25) is 0 Å². The second-order valence-corrected chi connectivity index (χ2v) is 5.88. The Kier molecular flexibility index (Phi) is 4.91. The summed E-state index contributed by atoms with van der Waals surface area (Å²) in [5.74, 6) is -0.222. The topological polar surface area (TPSA) is 26.0 Å². The van der Waals surface area contributed by atoms with E-state index in [-0.39, 0.29) is 11.5 Å². The fourth-order valence-electron chi connectivity index (χ4n) is 3.42. The number of hydrogen-bond donors (Lipinski definition) is 1. The number of benzene rings is 1. The van der Waals surface area contributed by atoms with Gasteiger partial charge in [0.2, 0.25) is 0 Å². The third-order valence-corrected chi connectivity index (χ3v) is 4.64. The summed E-state index contributed by atoms with van der Waals surface area (Å²) in [5.41, 5.74) is 5.30. The van der Waals surface area contributed by atoms with E-state index in [0.29, 0.717) is 5.92 Å². The van der Waals surface area contributed by atoms with Crippen molar-refractivity contribution in [3.8, 4) is 0 Å². The van der Waals surface area contributed by atoms with Crippen LogP contribution in [0.5, 0.6) is 0 Å². The van der Waals surface area contributed by atoms with E-state index >= 15 is 0 Å². The maximum atomic E-state index is 13.9. The van der Waals surface area contributed by atoms with Crippen LogP contribution in [0.1, 0.15) is 56.2 Å². The third kappa shape index (κ3) is 3.57. The normalized spacial score (nSPS) is 24.9. The molecule has 0 aromatic heterocycles. The van der Waals surface area contributed by atoms with Crippen molar-refractivity contribution in [2.45, 2.75) is 51.2 Å². The lowest BCUT2D eigenvalue weighted by Gasteiger charge is -2.35. The molecule has 1 saturated carbocycles. The van der Waals surface area contributed by atoms with Crippen LogP contribution in [0.4, 0.5) is 17.6 Å². The number of alkyl halides is 3. The first-order chi connectivity index (χ1) is 9.84. The molecule has 1 aromatic carbocycles. The van der Waals surface area contributed by atoms with Crippen LogP contribution in [0.25, 0.3) is 0 Å². The lowest BCUT2D eigenvalue weighted by molar-refractivity contribution is -0.137. The molecule has 0 spiro atoms.